The first-order valence-corrected chi connectivity index (χ1v) is 9.53. The highest BCUT2D eigenvalue weighted by Crippen LogP contribution is 2.14. The van der Waals surface area contributed by atoms with E-state index in [0.717, 1.165) is 41.5 Å². The van der Waals surface area contributed by atoms with E-state index in [-0.39, 0.29) is 6.09 Å². The summed E-state index contributed by atoms with van der Waals surface area (Å²) in [6.45, 7) is 6.88. The summed E-state index contributed by atoms with van der Waals surface area (Å²) in [6, 6.07) is 13.7. The minimum absolute atomic E-state index is 0.269. The number of ether oxygens (including phenoxy) is 1. The van der Waals surface area contributed by atoms with Crippen molar-refractivity contribution in [3.05, 3.63) is 71.2 Å². The molecule has 0 N–H and O–H groups in total. The Hall–Kier alpha value is -2.56. The normalized spacial score (nSPS) is 11.2. The van der Waals surface area contributed by atoms with Crippen molar-refractivity contribution in [1.29, 1.82) is 0 Å². The summed E-state index contributed by atoms with van der Waals surface area (Å²) in [7, 11) is 0. The number of aromatic nitrogens is 1. The fourth-order valence-electron chi connectivity index (χ4n) is 2.78. The van der Waals surface area contributed by atoms with Crippen LogP contribution in [-0.2, 0) is 17.7 Å². The van der Waals surface area contributed by atoms with E-state index in [2.05, 4.69) is 0 Å². The number of hydrogen-bond acceptors (Lipinski definition) is 3. The van der Waals surface area contributed by atoms with Gasteiger partial charge in [0.25, 0.3) is 0 Å². The number of hydrogen-bond donors (Lipinski definition) is 0. The van der Waals surface area contributed by atoms with Crippen molar-refractivity contribution in [3.8, 4) is 0 Å². The highest BCUT2D eigenvalue weighted by Gasteiger charge is 2.22. The summed E-state index contributed by atoms with van der Waals surface area (Å²) < 4.78 is 6.36. The maximum atomic E-state index is 12.6. The molecule has 5 heteroatoms. The lowest BCUT2D eigenvalue weighted by molar-refractivity contribution is -0.605. The number of benzene rings is 1. The van der Waals surface area contributed by atoms with Crippen molar-refractivity contribution < 1.29 is 14.3 Å². The predicted molar refractivity (Wildman–Crippen MR) is 106 cm³/mol. The molecule has 146 valence electrons. The molecule has 0 spiro atoms. The van der Waals surface area contributed by atoms with Crippen molar-refractivity contribution in [2.75, 3.05) is 6.54 Å². The minimum atomic E-state index is -0.502. The quantitative estimate of drug-likeness (QED) is 0.391. The number of carbonyl (C=O) groups excluding carboxylic acids is 1. The predicted octanol–water partition coefficient (Wildman–Crippen LogP) is 4.47. The molecular formula is C22H30N2O3. The maximum absolute atomic E-state index is 12.6. The van der Waals surface area contributed by atoms with Gasteiger partial charge in [-0.25, -0.2) is 4.79 Å². The Balaban J connectivity index is 1.83. The molecule has 0 unspecified atom stereocenters. The highest BCUT2D eigenvalue weighted by atomic mass is 16.6. The van der Waals surface area contributed by atoms with Crippen LogP contribution in [0, 0.1) is 5.21 Å². The molecule has 27 heavy (non-hydrogen) atoms. The molecule has 1 heterocycles. The number of aryl methyl sites for hydroxylation is 1. The molecule has 0 fully saturated rings. The number of carbonyl (C=O) groups is 1. The third-order valence-corrected chi connectivity index (χ3v) is 4.13. The lowest BCUT2D eigenvalue weighted by atomic mass is 10.1. The number of nitrogens with zero attached hydrogens (tertiary/aromatic N) is 2. The number of rotatable bonds is 8. The van der Waals surface area contributed by atoms with Crippen molar-refractivity contribution in [2.24, 2.45) is 0 Å². The summed E-state index contributed by atoms with van der Waals surface area (Å²) in [6.07, 6.45) is 6.68. The van der Waals surface area contributed by atoms with Crippen LogP contribution in [0.4, 0.5) is 4.79 Å². The molecule has 0 saturated carbocycles. The lowest BCUT2D eigenvalue weighted by Gasteiger charge is -2.27. The van der Waals surface area contributed by atoms with Crippen molar-refractivity contribution >= 4 is 6.09 Å². The van der Waals surface area contributed by atoms with E-state index in [1.54, 1.807) is 4.90 Å². The average molecular weight is 370 g/mol. The van der Waals surface area contributed by atoms with Crippen LogP contribution in [0.5, 0.6) is 0 Å². The van der Waals surface area contributed by atoms with Crippen molar-refractivity contribution in [2.45, 2.75) is 58.6 Å². The SMILES string of the molecule is CC(C)(C)OC(=O)N(CCCCCc1cc[n+]([O-])cc1)Cc1ccccc1. The first kappa shape index (κ1) is 20.7. The summed E-state index contributed by atoms with van der Waals surface area (Å²) in [5, 5.41) is 11.1. The second-order valence-corrected chi connectivity index (χ2v) is 7.76. The molecule has 1 amide bonds. The van der Waals surface area contributed by atoms with Crippen LogP contribution in [0.1, 0.15) is 51.2 Å². The van der Waals surface area contributed by atoms with Crippen molar-refractivity contribution in [3.63, 3.8) is 0 Å². The highest BCUT2D eigenvalue weighted by molar-refractivity contribution is 5.68. The average Bonchev–Trinajstić information content (AvgIpc) is 2.61. The zero-order valence-corrected chi connectivity index (χ0v) is 16.6. The van der Waals surface area contributed by atoms with Gasteiger partial charge in [0, 0.05) is 25.2 Å². The largest absolute Gasteiger partial charge is 0.619 e. The molecule has 2 aromatic rings. The van der Waals surface area contributed by atoms with Gasteiger partial charge in [0.2, 0.25) is 0 Å². The van der Waals surface area contributed by atoms with Crippen LogP contribution >= 0.6 is 0 Å². The van der Waals surface area contributed by atoms with Crippen LogP contribution in [0.25, 0.3) is 0 Å². The summed E-state index contributed by atoms with van der Waals surface area (Å²) in [4.78, 5) is 14.3. The van der Waals surface area contributed by atoms with Gasteiger partial charge in [0.15, 0.2) is 12.4 Å². The van der Waals surface area contributed by atoms with Gasteiger partial charge in [-0.3, -0.25) is 0 Å². The van der Waals surface area contributed by atoms with E-state index in [4.69, 9.17) is 4.74 Å². The Kier molecular flexibility index (Phi) is 7.65. The molecule has 0 aliphatic carbocycles. The smallest absolute Gasteiger partial charge is 0.410 e. The van der Waals surface area contributed by atoms with Gasteiger partial charge in [-0.1, -0.05) is 36.8 Å². The monoisotopic (exact) mass is 370 g/mol. The summed E-state index contributed by atoms with van der Waals surface area (Å²) in [5.74, 6) is 0. The van der Waals surface area contributed by atoms with Crippen LogP contribution < -0.4 is 4.73 Å². The third-order valence-electron chi connectivity index (χ3n) is 4.13. The van der Waals surface area contributed by atoms with E-state index < -0.39 is 5.60 Å². The lowest BCUT2D eigenvalue weighted by Crippen LogP contribution is -2.37. The Morgan fingerprint density at radius 1 is 1.00 bits per heavy atom. The number of unbranched alkanes of at least 4 members (excludes halogenated alkanes) is 2. The van der Waals surface area contributed by atoms with Gasteiger partial charge in [0.1, 0.15) is 5.60 Å². The molecule has 0 saturated heterocycles. The molecule has 0 radical (unpaired) electrons. The molecule has 1 aromatic carbocycles. The number of amides is 1. The Labute approximate surface area is 162 Å². The van der Waals surface area contributed by atoms with Gasteiger partial charge in [-0.05, 0) is 51.2 Å². The van der Waals surface area contributed by atoms with E-state index in [0.29, 0.717) is 13.1 Å². The summed E-state index contributed by atoms with van der Waals surface area (Å²) in [5.41, 5.74) is 1.76. The number of pyridine rings is 1. The zero-order chi connectivity index (χ0) is 19.7. The van der Waals surface area contributed by atoms with E-state index in [1.807, 2.05) is 63.2 Å². The van der Waals surface area contributed by atoms with Gasteiger partial charge >= 0.3 is 6.09 Å². The van der Waals surface area contributed by atoms with Crippen molar-refractivity contribution in [1.82, 2.24) is 4.90 Å². The molecular weight excluding hydrogens is 340 g/mol. The summed E-state index contributed by atoms with van der Waals surface area (Å²) >= 11 is 0. The standard InChI is InChI=1S/C22H30N2O3/c1-22(2,3)27-21(25)23(18-20-11-6-4-7-12-20)15-9-5-8-10-19-13-16-24(26)17-14-19/h4,6-7,11-14,16-17H,5,8-10,15,18H2,1-3H3. The van der Waals surface area contributed by atoms with Gasteiger partial charge in [-0.2, -0.15) is 4.73 Å². The molecule has 0 aliphatic heterocycles. The first-order valence-electron chi connectivity index (χ1n) is 9.53. The molecule has 1 aromatic heterocycles. The topological polar surface area (TPSA) is 56.5 Å². The zero-order valence-electron chi connectivity index (χ0n) is 16.6. The molecule has 0 aliphatic rings. The van der Waals surface area contributed by atoms with Crippen LogP contribution in [0.15, 0.2) is 54.9 Å². The minimum Gasteiger partial charge on any atom is -0.619 e. The van der Waals surface area contributed by atoms with Gasteiger partial charge < -0.3 is 14.8 Å². The van der Waals surface area contributed by atoms with Crippen LogP contribution in [0.3, 0.4) is 0 Å². The second-order valence-electron chi connectivity index (χ2n) is 7.76. The third kappa shape index (κ3) is 8.11. The maximum Gasteiger partial charge on any atom is 0.410 e. The second kappa shape index (κ2) is 9.95. The first-order chi connectivity index (χ1) is 12.8. The van der Waals surface area contributed by atoms with E-state index in [9.17, 15) is 10.0 Å². The van der Waals surface area contributed by atoms with Crippen LogP contribution in [0.2, 0.25) is 0 Å². The Bertz CT molecular complexity index is 694. The van der Waals surface area contributed by atoms with Gasteiger partial charge in [0.05, 0.1) is 0 Å². The molecule has 2 rings (SSSR count). The Morgan fingerprint density at radius 3 is 2.30 bits per heavy atom. The fraction of sp³-hybridized carbons (Fsp3) is 0.455. The fourth-order valence-corrected chi connectivity index (χ4v) is 2.78. The molecule has 0 atom stereocenters. The molecule has 5 nitrogen and oxygen atoms in total. The van der Waals surface area contributed by atoms with E-state index in [1.165, 1.54) is 12.4 Å². The van der Waals surface area contributed by atoms with Gasteiger partial charge in [-0.15, -0.1) is 0 Å². The van der Waals surface area contributed by atoms with E-state index >= 15 is 0 Å². The Morgan fingerprint density at radius 2 is 1.67 bits per heavy atom. The molecule has 0 bridgehead atoms. The van der Waals surface area contributed by atoms with Crippen LogP contribution in [-0.4, -0.2) is 23.1 Å².